The highest BCUT2D eigenvalue weighted by Crippen LogP contribution is 2.42. The van der Waals surface area contributed by atoms with Crippen LogP contribution in [0.3, 0.4) is 0 Å². The summed E-state index contributed by atoms with van der Waals surface area (Å²) in [7, 11) is 1.59. The number of carbonyl (C=O) groups excluding carboxylic acids is 1. The van der Waals surface area contributed by atoms with Crippen molar-refractivity contribution >= 4 is 64.2 Å². The van der Waals surface area contributed by atoms with Crippen molar-refractivity contribution in [3.63, 3.8) is 0 Å². The Hall–Kier alpha value is -2.82. The molecule has 0 aliphatic heterocycles. The second-order valence-electron chi connectivity index (χ2n) is 6.49. The van der Waals surface area contributed by atoms with Gasteiger partial charge in [-0.15, -0.1) is 0 Å². The molecule has 0 aliphatic carbocycles. The van der Waals surface area contributed by atoms with Crippen molar-refractivity contribution < 1.29 is 18.0 Å². The lowest BCUT2D eigenvalue weighted by molar-refractivity contribution is -0.137. The third-order valence-corrected chi connectivity index (χ3v) is 5.93. The molecule has 0 aliphatic rings. The van der Waals surface area contributed by atoms with Crippen LogP contribution in [0.25, 0.3) is 0 Å². The first kappa shape index (κ1) is 23.8. The fraction of sp³-hybridized carbons (Fsp3) is 0.0952. The van der Waals surface area contributed by atoms with Gasteiger partial charge in [-0.2, -0.15) is 13.2 Å². The lowest BCUT2D eigenvalue weighted by Gasteiger charge is -2.27. The molecule has 3 aromatic rings. The van der Waals surface area contributed by atoms with Gasteiger partial charge in [-0.25, -0.2) is 0 Å². The summed E-state index contributed by atoms with van der Waals surface area (Å²) in [5.41, 5.74) is 6.06. The SMILES string of the molecule is CN(C=O)c1ccc(N(C(N)=S)c2ccc(Cl)c(C(F)(F)F)c2)c(Sc2ccncc2)c1. The van der Waals surface area contributed by atoms with Crippen molar-refractivity contribution in [2.24, 2.45) is 5.73 Å². The van der Waals surface area contributed by atoms with Crippen molar-refractivity contribution in [3.8, 4) is 0 Å². The lowest BCUT2D eigenvalue weighted by Crippen LogP contribution is -2.32. The second kappa shape index (κ2) is 9.76. The van der Waals surface area contributed by atoms with Gasteiger partial charge in [-0.3, -0.25) is 14.7 Å². The summed E-state index contributed by atoms with van der Waals surface area (Å²) < 4.78 is 40.3. The molecule has 2 aromatic carbocycles. The van der Waals surface area contributed by atoms with Crippen LogP contribution >= 0.6 is 35.6 Å². The van der Waals surface area contributed by atoms with Crippen LogP contribution in [0.2, 0.25) is 5.02 Å². The Morgan fingerprint density at radius 2 is 1.78 bits per heavy atom. The van der Waals surface area contributed by atoms with Crippen LogP contribution in [-0.2, 0) is 11.0 Å². The number of nitrogens with two attached hydrogens (primary N) is 1. The van der Waals surface area contributed by atoms with E-state index in [0.717, 1.165) is 17.0 Å². The maximum absolute atomic E-state index is 13.4. The number of carbonyl (C=O) groups is 1. The first-order valence-corrected chi connectivity index (χ1v) is 10.6. The van der Waals surface area contributed by atoms with Crippen molar-refractivity contribution in [2.45, 2.75) is 16.0 Å². The van der Waals surface area contributed by atoms with Gasteiger partial charge in [-0.05, 0) is 60.7 Å². The van der Waals surface area contributed by atoms with Gasteiger partial charge >= 0.3 is 6.18 Å². The van der Waals surface area contributed by atoms with E-state index in [1.54, 1.807) is 49.8 Å². The maximum atomic E-state index is 13.4. The molecule has 0 saturated carbocycles. The number of pyridine rings is 1. The summed E-state index contributed by atoms with van der Waals surface area (Å²) in [5, 5.41) is -0.591. The number of aromatic nitrogens is 1. The van der Waals surface area contributed by atoms with Crippen LogP contribution in [0, 0.1) is 0 Å². The molecule has 0 spiro atoms. The molecule has 0 fully saturated rings. The number of hydrogen-bond donors (Lipinski definition) is 1. The number of halogens is 4. The fourth-order valence-electron chi connectivity index (χ4n) is 2.84. The van der Waals surface area contributed by atoms with Crippen LogP contribution < -0.4 is 15.5 Å². The second-order valence-corrected chi connectivity index (χ2v) is 8.43. The molecule has 0 atom stereocenters. The van der Waals surface area contributed by atoms with E-state index in [-0.39, 0.29) is 10.8 Å². The topological polar surface area (TPSA) is 62.5 Å². The highest BCUT2D eigenvalue weighted by Gasteiger charge is 2.34. The number of amides is 1. The van der Waals surface area contributed by atoms with Crippen LogP contribution in [0.4, 0.5) is 30.2 Å². The average molecular weight is 497 g/mol. The van der Waals surface area contributed by atoms with Gasteiger partial charge in [0.2, 0.25) is 6.41 Å². The molecule has 1 aromatic heterocycles. The Labute approximate surface area is 197 Å². The zero-order valence-electron chi connectivity index (χ0n) is 16.5. The minimum absolute atomic E-state index is 0.0993. The van der Waals surface area contributed by atoms with Gasteiger partial charge < -0.3 is 10.6 Å². The number of hydrogen-bond acceptors (Lipinski definition) is 4. The molecule has 1 heterocycles. The van der Waals surface area contributed by atoms with E-state index in [1.165, 1.54) is 27.6 Å². The molecule has 166 valence electrons. The molecule has 0 radical (unpaired) electrons. The van der Waals surface area contributed by atoms with E-state index in [2.05, 4.69) is 4.98 Å². The Morgan fingerprint density at radius 3 is 2.38 bits per heavy atom. The molecule has 0 bridgehead atoms. The summed E-state index contributed by atoms with van der Waals surface area (Å²) >= 11 is 12.3. The molecular weight excluding hydrogens is 481 g/mol. The molecule has 11 heteroatoms. The van der Waals surface area contributed by atoms with Gasteiger partial charge in [0.05, 0.1) is 16.3 Å². The largest absolute Gasteiger partial charge is 0.417 e. The van der Waals surface area contributed by atoms with Crippen LogP contribution in [0.15, 0.2) is 70.7 Å². The van der Waals surface area contributed by atoms with Gasteiger partial charge in [0.1, 0.15) is 0 Å². The van der Waals surface area contributed by atoms with E-state index in [4.69, 9.17) is 29.6 Å². The number of alkyl halides is 3. The number of thiocarbonyl (C=S) groups is 1. The molecule has 3 rings (SSSR count). The van der Waals surface area contributed by atoms with Crippen molar-refractivity contribution in [1.29, 1.82) is 0 Å². The molecule has 5 nitrogen and oxygen atoms in total. The molecule has 1 amide bonds. The Balaban J connectivity index is 2.18. The minimum atomic E-state index is -4.65. The van der Waals surface area contributed by atoms with Gasteiger partial charge in [0, 0.05) is 40.6 Å². The van der Waals surface area contributed by atoms with E-state index in [0.29, 0.717) is 22.7 Å². The van der Waals surface area contributed by atoms with Crippen LogP contribution in [-0.4, -0.2) is 23.6 Å². The van der Waals surface area contributed by atoms with E-state index in [9.17, 15) is 18.0 Å². The number of nitrogens with zero attached hydrogens (tertiary/aromatic N) is 3. The minimum Gasteiger partial charge on any atom is -0.376 e. The van der Waals surface area contributed by atoms with Gasteiger partial charge in [0.15, 0.2) is 5.11 Å². The normalized spacial score (nSPS) is 11.2. The molecule has 0 saturated heterocycles. The fourth-order valence-corrected chi connectivity index (χ4v) is 4.22. The number of anilines is 3. The third-order valence-electron chi connectivity index (χ3n) is 4.36. The maximum Gasteiger partial charge on any atom is 0.417 e. The molecule has 32 heavy (non-hydrogen) atoms. The quantitative estimate of drug-likeness (QED) is 0.339. The standard InChI is InChI=1S/C21H16ClF3N4OS2/c1-28(12-30)13-3-5-18(19(11-13)32-15-6-8-27-9-7-15)29(20(26)31)14-2-4-17(22)16(10-14)21(23,24)25/h2-12H,1H3,(H2,26,31). The monoisotopic (exact) mass is 496 g/mol. The predicted octanol–water partition coefficient (Wildman–Crippen LogP) is 5.88. The number of rotatable bonds is 6. The van der Waals surface area contributed by atoms with E-state index < -0.39 is 16.8 Å². The summed E-state index contributed by atoms with van der Waals surface area (Å²) in [5.74, 6) is 0. The molecule has 0 unspecified atom stereocenters. The summed E-state index contributed by atoms with van der Waals surface area (Å²) in [6.45, 7) is 0. The van der Waals surface area contributed by atoms with Crippen molar-refractivity contribution in [3.05, 3.63) is 71.5 Å². The Kier molecular flexibility index (Phi) is 7.27. The van der Waals surface area contributed by atoms with E-state index in [1.807, 2.05) is 0 Å². The van der Waals surface area contributed by atoms with Gasteiger partial charge in [-0.1, -0.05) is 23.4 Å². The first-order chi connectivity index (χ1) is 15.1. The zero-order chi connectivity index (χ0) is 23.5. The highest BCUT2D eigenvalue weighted by atomic mass is 35.5. The summed E-state index contributed by atoms with van der Waals surface area (Å²) in [4.78, 5) is 19.3. The summed E-state index contributed by atoms with van der Waals surface area (Å²) in [6, 6.07) is 12.0. The first-order valence-electron chi connectivity index (χ1n) is 8.98. The highest BCUT2D eigenvalue weighted by molar-refractivity contribution is 7.99. The zero-order valence-corrected chi connectivity index (χ0v) is 18.9. The van der Waals surface area contributed by atoms with E-state index >= 15 is 0 Å². The molecule has 2 N–H and O–H groups in total. The predicted molar refractivity (Wildman–Crippen MR) is 125 cm³/mol. The smallest absolute Gasteiger partial charge is 0.376 e. The number of benzene rings is 2. The van der Waals surface area contributed by atoms with Crippen molar-refractivity contribution in [1.82, 2.24) is 4.98 Å². The lowest BCUT2D eigenvalue weighted by atomic mass is 10.1. The Morgan fingerprint density at radius 1 is 1.12 bits per heavy atom. The van der Waals surface area contributed by atoms with Crippen LogP contribution in [0.1, 0.15) is 5.56 Å². The van der Waals surface area contributed by atoms with Crippen molar-refractivity contribution in [2.75, 3.05) is 16.8 Å². The average Bonchev–Trinajstić information content (AvgIpc) is 2.75. The molecular formula is C21H16ClF3N4OS2. The van der Waals surface area contributed by atoms with Gasteiger partial charge in [0.25, 0.3) is 0 Å². The van der Waals surface area contributed by atoms with Crippen LogP contribution in [0.5, 0.6) is 0 Å². The third kappa shape index (κ3) is 5.32. The Bertz CT molecular complexity index is 1150. The summed E-state index contributed by atoms with van der Waals surface area (Å²) in [6.07, 6.45) is -0.775.